The van der Waals surface area contributed by atoms with Crippen molar-refractivity contribution in [2.24, 2.45) is 0 Å². The first kappa shape index (κ1) is 13.2. The summed E-state index contributed by atoms with van der Waals surface area (Å²) in [5, 5.41) is 0. The molecule has 0 spiro atoms. The summed E-state index contributed by atoms with van der Waals surface area (Å²) in [5.74, 6) is 0. The van der Waals surface area contributed by atoms with E-state index in [9.17, 15) is 17.7 Å². The molecule has 0 saturated carbocycles. The zero-order chi connectivity index (χ0) is 12.6. The van der Waals surface area contributed by atoms with Crippen LogP contribution in [-0.2, 0) is 4.57 Å². The molecule has 1 aromatic carbocycles. The first-order valence-corrected chi connectivity index (χ1v) is 5.99. The average Bonchev–Trinajstić information content (AvgIpc) is 2.03. The summed E-state index contributed by atoms with van der Waals surface area (Å²) in [6, 6.07) is 5.28. The second kappa shape index (κ2) is 4.20. The first-order valence-electron chi connectivity index (χ1n) is 4.31. The summed E-state index contributed by atoms with van der Waals surface area (Å²) >= 11 is 0. The van der Waals surface area contributed by atoms with E-state index in [0.717, 1.165) is 6.07 Å². The Bertz CT molecular complexity index is 424. The molecule has 0 aromatic heterocycles. The molecule has 0 saturated heterocycles. The smallest absolute Gasteiger partial charge is 0.324 e. The summed E-state index contributed by atoms with van der Waals surface area (Å²) in [6.45, 7) is 1.38. The van der Waals surface area contributed by atoms with Gasteiger partial charge in [-0.25, -0.2) is 0 Å². The predicted octanol–water partition coefficient (Wildman–Crippen LogP) is 2.78. The van der Waals surface area contributed by atoms with Crippen molar-refractivity contribution in [2.45, 2.75) is 18.8 Å². The van der Waals surface area contributed by atoms with Gasteiger partial charge >= 0.3 is 13.8 Å². The molecule has 1 rings (SSSR count). The van der Waals surface area contributed by atoms with Gasteiger partial charge < -0.3 is 9.79 Å². The maximum absolute atomic E-state index is 12.6. The van der Waals surface area contributed by atoms with Crippen molar-refractivity contribution in [1.82, 2.24) is 0 Å². The highest BCUT2D eigenvalue weighted by molar-refractivity contribution is 7.52. The van der Waals surface area contributed by atoms with E-state index in [1.807, 2.05) is 0 Å². The molecule has 1 aromatic rings. The van der Waals surface area contributed by atoms with Gasteiger partial charge in [0.1, 0.15) is 0 Å². The van der Waals surface area contributed by atoms with E-state index in [1.165, 1.54) is 25.1 Å². The molecule has 7 heteroatoms. The molecular weight excluding hydrogens is 244 g/mol. The Hall–Kier alpha value is -0.840. The van der Waals surface area contributed by atoms with Gasteiger partial charge in [0.25, 0.3) is 0 Å². The van der Waals surface area contributed by atoms with E-state index in [-0.39, 0.29) is 11.1 Å². The van der Waals surface area contributed by atoms with Gasteiger partial charge in [0, 0.05) is 0 Å². The van der Waals surface area contributed by atoms with Gasteiger partial charge in [-0.3, -0.25) is 4.57 Å². The van der Waals surface area contributed by atoms with E-state index >= 15 is 0 Å². The lowest BCUT2D eigenvalue weighted by atomic mass is 10.1. The van der Waals surface area contributed by atoms with Crippen LogP contribution >= 0.6 is 7.60 Å². The van der Waals surface area contributed by atoms with E-state index in [4.69, 9.17) is 9.79 Å². The molecule has 16 heavy (non-hydrogen) atoms. The summed E-state index contributed by atoms with van der Waals surface area (Å²) in [5.41, 5.74) is -2.93. The third-order valence-electron chi connectivity index (χ3n) is 2.13. The minimum atomic E-state index is -5.27. The molecule has 0 aliphatic rings. The van der Waals surface area contributed by atoms with Crippen LogP contribution in [0.15, 0.2) is 24.3 Å². The molecule has 3 nitrogen and oxygen atoms in total. The fourth-order valence-corrected chi connectivity index (χ4v) is 2.48. The highest BCUT2D eigenvalue weighted by Crippen LogP contribution is 2.59. The van der Waals surface area contributed by atoms with Crippen molar-refractivity contribution in [1.29, 1.82) is 0 Å². The molecule has 0 radical (unpaired) electrons. The number of alkyl halides is 3. The maximum Gasteiger partial charge on any atom is 0.407 e. The van der Waals surface area contributed by atoms with Gasteiger partial charge in [-0.1, -0.05) is 24.3 Å². The molecule has 90 valence electrons. The van der Waals surface area contributed by atoms with Gasteiger partial charge in [0.15, 0.2) is 5.66 Å². The first-order chi connectivity index (χ1) is 7.14. The third kappa shape index (κ3) is 2.84. The second-order valence-corrected chi connectivity index (χ2v) is 5.08. The van der Waals surface area contributed by atoms with Crippen LogP contribution in [-0.4, -0.2) is 16.0 Å². The number of hydrogen-bond acceptors (Lipinski definition) is 1. The largest absolute Gasteiger partial charge is 0.407 e. The minimum absolute atomic E-state index is 0.202. The van der Waals surface area contributed by atoms with E-state index < -0.39 is 19.4 Å². The lowest BCUT2D eigenvalue weighted by Gasteiger charge is -2.22. The number of benzene rings is 1. The third-order valence-corrected chi connectivity index (χ3v) is 3.37. The van der Waals surface area contributed by atoms with Crippen LogP contribution in [0.2, 0.25) is 0 Å². The van der Waals surface area contributed by atoms with E-state index in [2.05, 4.69) is 0 Å². The van der Waals surface area contributed by atoms with Gasteiger partial charge in [-0.2, -0.15) is 13.2 Å². The Kier molecular flexibility index (Phi) is 3.47. The summed E-state index contributed by atoms with van der Waals surface area (Å²) < 4.78 is 48.7. The zero-order valence-corrected chi connectivity index (χ0v) is 9.16. The fraction of sp³-hybridized carbons (Fsp3) is 0.333. The van der Waals surface area contributed by atoms with Crippen LogP contribution in [0.5, 0.6) is 0 Å². The standard InChI is InChI=1S/C9H10F3O3P/c1-6-4-2-3-5-7(6)8(9(10,11)12)16(13,14)15/h2-5,8H,1H3,(H2,13,14,15). The normalized spacial score (nSPS) is 14.9. The molecule has 2 N–H and O–H groups in total. The Morgan fingerprint density at radius 2 is 1.75 bits per heavy atom. The molecule has 0 aliphatic heterocycles. The summed E-state index contributed by atoms with van der Waals surface area (Å²) in [7, 11) is -5.27. The molecule has 0 heterocycles. The Balaban J connectivity index is 3.35. The zero-order valence-electron chi connectivity index (χ0n) is 8.27. The van der Waals surface area contributed by atoms with Crippen LogP contribution in [0, 0.1) is 6.92 Å². The highest BCUT2D eigenvalue weighted by atomic mass is 31.2. The molecule has 0 aliphatic carbocycles. The topological polar surface area (TPSA) is 57.5 Å². The van der Waals surface area contributed by atoms with Gasteiger partial charge in [0.2, 0.25) is 0 Å². The molecule has 0 amide bonds. The van der Waals surface area contributed by atoms with Crippen molar-refractivity contribution in [3.8, 4) is 0 Å². The van der Waals surface area contributed by atoms with Crippen LogP contribution < -0.4 is 0 Å². The summed E-state index contributed by atoms with van der Waals surface area (Å²) in [6.07, 6.45) is -4.97. The highest BCUT2D eigenvalue weighted by Gasteiger charge is 2.52. The second-order valence-electron chi connectivity index (χ2n) is 3.39. The predicted molar refractivity (Wildman–Crippen MR) is 52.0 cm³/mol. The van der Waals surface area contributed by atoms with Crippen molar-refractivity contribution < 1.29 is 27.5 Å². The fourth-order valence-electron chi connectivity index (χ4n) is 1.44. The van der Waals surface area contributed by atoms with Crippen LogP contribution in [0.1, 0.15) is 16.8 Å². The van der Waals surface area contributed by atoms with E-state index in [0.29, 0.717) is 0 Å². The van der Waals surface area contributed by atoms with E-state index in [1.54, 1.807) is 0 Å². The van der Waals surface area contributed by atoms with Crippen molar-refractivity contribution in [2.75, 3.05) is 0 Å². The Morgan fingerprint density at radius 1 is 1.25 bits per heavy atom. The number of rotatable bonds is 2. The van der Waals surface area contributed by atoms with Crippen LogP contribution in [0.3, 0.4) is 0 Å². The monoisotopic (exact) mass is 254 g/mol. The Labute approximate surface area is 90.1 Å². The molecule has 0 bridgehead atoms. The van der Waals surface area contributed by atoms with Gasteiger partial charge in [-0.15, -0.1) is 0 Å². The van der Waals surface area contributed by atoms with Gasteiger partial charge in [0.05, 0.1) is 0 Å². The number of halogens is 3. The average molecular weight is 254 g/mol. The van der Waals surface area contributed by atoms with Crippen molar-refractivity contribution in [3.05, 3.63) is 35.4 Å². The maximum atomic E-state index is 12.6. The molecular formula is C9H10F3O3P. The van der Waals surface area contributed by atoms with Crippen molar-refractivity contribution >= 4 is 7.60 Å². The van der Waals surface area contributed by atoms with Crippen molar-refractivity contribution in [3.63, 3.8) is 0 Å². The van der Waals surface area contributed by atoms with Crippen LogP contribution in [0.25, 0.3) is 0 Å². The molecule has 0 fully saturated rings. The lowest BCUT2D eigenvalue weighted by Crippen LogP contribution is -2.21. The minimum Gasteiger partial charge on any atom is -0.324 e. The molecule has 1 unspecified atom stereocenters. The Morgan fingerprint density at radius 3 is 2.12 bits per heavy atom. The number of hydrogen-bond donors (Lipinski definition) is 2. The summed E-state index contributed by atoms with van der Waals surface area (Å²) in [4.78, 5) is 17.6. The quantitative estimate of drug-likeness (QED) is 0.798. The van der Waals surface area contributed by atoms with Crippen LogP contribution in [0.4, 0.5) is 13.2 Å². The molecule has 1 atom stereocenters. The SMILES string of the molecule is Cc1ccccc1C(C(F)(F)F)P(=O)(O)O. The van der Waals surface area contributed by atoms with Gasteiger partial charge in [-0.05, 0) is 18.1 Å². The lowest BCUT2D eigenvalue weighted by molar-refractivity contribution is -0.135. The number of aryl methyl sites for hydroxylation is 1.